The molecule has 0 unspecified atom stereocenters. The Morgan fingerprint density at radius 3 is 2.44 bits per heavy atom. The summed E-state index contributed by atoms with van der Waals surface area (Å²) in [6.45, 7) is 9.25. The summed E-state index contributed by atoms with van der Waals surface area (Å²) in [4.78, 5) is 16.8. The number of nitrogens with one attached hydrogen (secondary N) is 2. The van der Waals surface area contributed by atoms with E-state index in [9.17, 15) is 17.6 Å². The summed E-state index contributed by atoms with van der Waals surface area (Å²) in [7, 11) is -4.20. The highest BCUT2D eigenvalue weighted by Gasteiger charge is 2.24. The lowest BCUT2D eigenvalue weighted by Gasteiger charge is -2.20. The summed E-state index contributed by atoms with van der Waals surface area (Å²) in [6, 6.07) is 4.67. The van der Waals surface area contributed by atoms with E-state index < -0.39 is 21.9 Å². The summed E-state index contributed by atoms with van der Waals surface area (Å²) < 4.78 is 43.2. The Labute approximate surface area is 186 Å². The number of halogens is 1. The lowest BCUT2D eigenvalue weighted by Crippen LogP contribution is -2.35. The van der Waals surface area contributed by atoms with E-state index in [1.54, 1.807) is 18.5 Å². The van der Waals surface area contributed by atoms with Crippen molar-refractivity contribution in [1.29, 1.82) is 0 Å². The second kappa shape index (κ2) is 9.07. The van der Waals surface area contributed by atoms with Crippen LogP contribution in [-0.4, -0.2) is 29.2 Å². The molecule has 32 heavy (non-hydrogen) atoms. The smallest absolute Gasteiger partial charge is 0.306 e. The molecule has 0 saturated heterocycles. The Hall–Kier alpha value is -3.27. The fourth-order valence-corrected chi connectivity index (χ4v) is 4.12. The molecule has 0 radical (unpaired) electrons. The maximum absolute atomic E-state index is 14.4. The number of hydrogen-bond donors (Lipinski definition) is 2. The van der Waals surface area contributed by atoms with Crippen LogP contribution in [0.15, 0.2) is 47.9 Å². The summed E-state index contributed by atoms with van der Waals surface area (Å²) in [6.07, 6.45) is 4.73. The van der Waals surface area contributed by atoms with E-state index in [0.717, 1.165) is 5.56 Å². The molecule has 0 spiro atoms. The molecule has 0 bridgehead atoms. The van der Waals surface area contributed by atoms with E-state index in [4.69, 9.17) is 0 Å². The number of rotatable bonds is 6. The van der Waals surface area contributed by atoms with Crippen LogP contribution >= 0.6 is 0 Å². The predicted molar refractivity (Wildman–Crippen MR) is 120 cm³/mol. The van der Waals surface area contributed by atoms with Crippen molar-refractivity contribution in [3.05, 3.63) is 59.8 Å². The van der Waals surface area contributed by atoms with Gasteiger partial charge in [0.15, 0.2) is 5.03 Å². The van der Waals surface area contributed by atoms with Crippen molar-refractivity contribution in [2.75, 3.05) is 5.32 Å². The Morgan fingerprint density at radius 2 is 1.84 bits per heavy atom. The third-order valence-corrected chi connectivity index (χ3v) is 6.14. The minimum atomic E-state index is -4.20. The van der Waals surface area contributed by atoms with E-state index >= 15 is 0 Å². The number of sulfonamides is 1. The third-order valence-electron chi connectivity index (χ3n) is 4.92. The molecule has 170 valence electrons. The number of benzene rings is 1. The number of pyridine rings is 1. The van der Waals surface area contributed by atoms with Crippen molar-refractivity contribution in [2.45, 2.75) is 51.6 Å². The molecule has 2 N–H and O–H groups in total. The highest BCUT2D eigenvalue weighted by atomic mass is 32.2. The van der Waals surface area contributed by atoms with E-state index in [0.29, 0.717) is 22.4 Å². The SMILES string of the molecule is Cc1cnccc1-c1cc(F)cc(C(C)C)c1NC(=O)NS(=O)(=O)c1ccn(C(C)C)n1. The number of amides is 2. The lowest BCUT2D eigenvalue weighted by molar-refractivity contribution is 0.256. The molecule has 0 atom stereocenters. The van der Waals surface area contributed by atoms with Gasteiger partial charge in [-0.3, -0.25) is 9.67 Å². The van der Waals surface area contributed by atoms with Gasteiger partial charge in [-0.25, -0.2) is 13.9 Å². The Balaban J connectivity index is 1.98. The van der Waals surface area contributed by atoms with E-state index in [2.05, 4.69) is 15.4 Å². The van der Waals surface area contributed by atoms with Crippen molar-refractivity contribution < 1.29 is 17.6 Å². The normalized spacial score (nSPS) is 11.8. The van der Waals surface area contributed by atoms with Gasteiger partial charge in [-0.05, 0) is 67.6 Å². The molecule has 3 aromatic rings. The Morgan fingerprint density at radius 1 is 1.12 bits per heavy atom. The Bertz CT molecular complexity index is 1250. The van der Waals surface area contributed by atoms with Gasteiger partial charge in [0.1, 0.15) is 5.82 Å². The predicted octanol–water partition coefficient (Wildman–Crippen LogP) is 4.61. The van der Waals surface area contributed by atoms with E-state index in [1.807, 2.05) is 39.3 Å². The first-order valence-electron chi connectivity index (χ1n) is 10.1. The highest BCUT2D eigenvalue weighted by molar-refractivity contribution is 7.90. The molecule has 2 heterocycles. The molecule has 10 heteroatoms. The third kappa shape index (κ3) is 4.96. The van der Waals surface area contributed by atoms with Crippen LogP contribution in [0.5, 0.6) is 0 Å². The average Bonchev–Trinajstić information content (AvgIpc) is 3.20. The number of aromatic nitrogens is 3. The first-order chi connectivity index (χ1) is 15.0. The summed E-state index contributed by atoms with van der Waals surface area (Å²) in [5.74, 6) is -0.599. The fourth-order valence-electron chi connectivity index (χ4n) is 3.28. The highest BCUT2D eigenvalue weighted by Crippen LogP contribution is 2.37. The standard InChI is InChI=1S/C22H26FN5O3S/c1-13(2)18-10-16(23)11-19(17-6-8-24-12-15(17)5)21(18)25-22(29)27-32(30,31)20-7-9-28(26-20)14(3)4/h6-14H,1-5H3,(H2,25,27,29). The number of carbonyl (C=O) groups is 1. The molecule has 0 aliphatic heterocycles. The Kier molecular flexibility index (Phi) is 6.63. The van der Waals surface area contributed by atoms with Gasteiger partial charge >= 0.3 is 6.03 Å². The van der Waals surface area contributed by atoms with Gasteiger partial charge in [0.05, 0.1) is 5.69 Å². The number of anilines is 1. The monoisotopic (exact) mass is 459 g/mol. The second-order valence-electron chi connectivity index (χ2n) is 8.05. The molecule has 1 aromatic carbocycles. The van der Waals surface area contributed by atoms with Gasteiger partial charge < -0.3 is 5.32 Å². The van der Waals surface area contributed by atoms with Crippen LogP contribution in [0.4, 0.5) is 14.9 Å². The number of hydrogen-bond acceptors (Lipinski definition) is 5. The van der Waals surface area contributed by atoms with Crippen LogP contribution < -0.4 is 10.0 Å². The zero-order chi connectivity index (χ0) is 23.6. The van der Waals surface area contributed by atoms with Crippen molar-refractivity contribution >= 4 is 21.7 Å². The van der Waals surface area contributed by atoms with Crippen LogP contribution in [0.25, 0.3) is 11.1 Å². The molecule has 8 nitrogen and oxygen atoms in total. The van der Waals surface area contributed by atoms with Crippen LogP contribution in [0, 0.1) is 12.7 Å². The molecule has 0 aliphatic carbocycles. The lowest BCUT2D eigenvalue weighted by atomic mass is 9.93. The van der Waals surface area contributed by atoms with E-state index in [-0.39, 0.29) is 17.0 Å². The zero-order valence-electron chi connectivity index (χ0n) is 18.5. The number of urea groups is 1. The van der Waals surface area contributed by atoms with Gasteiger partial charge in [0.25, 0.3) is 10.0 Å². The van der Waals surface area contributed by atoms with Gasteiger partial charge in [-0.15, -0.1) is 0 Å². The van der Waals surface area contributed by atoms with Crippen molar-refractivity contribution in [1.82, 2.24) is 19.5 Å². The van der Waals surface area contributed by atoms with Crippen LogP contribution in [0.3, 0.4) is 0 Å². The van der Waals surface area contributed by atoms with Gasteiger partial charge in [-0.1, -0.05) is 13.8 Å². The molecular formula is C22H26FN5O3S. The van der Waals surface area contributed by atoms with Crippen molar-refractivity contribution in [3.8, 4) is 11.1 Å². The summed E-state index contributed by atoms with van der Waals surface area (Å²) >= 11 is 0. The minimum Gasteiger partial charge on any atom is -0.306 e. The quantitative estimate of drug-likeness (QED) is 0.560. The number of aryl methyl sites for hydroxylation is 1. The van der Waals surface area contributed by atoms with Crippen LogP contribution in [-0.2, 0) is 10.0 Å². The average molecular weight is 460 g/mol. The molecule has 2 amide bonds. The van der Waals surface area contributed by atoms with Crippen LogP contribution in [0.1, 0.15) is 50.8 Å². The van der Waals surface area contributed by atoms with Gasteiger partial charge in [-0.2, -0.15) is 13.5 Å². The number of carbonyl (C=O) groups excluding carboxylic acids is 1. The molecule has 0 fully saturated rings. The largest absolute Gasteiger partial charge is 0.333 e. The minimum absolute atomic E-state index is 0.0354. The maximum atomic E-state index is 14.4. The van der Waals surface area contributed by atoms with Crippen molar-refractivity contribution in [2.24, 2.45) is 0 Å². The van der Waals surface area contributed by atoms with Crippen molar-refractivity contribution in [3.63, 3.8) is 0 Å². The second-order valence-corrected chi connectivity index (χ2v) is 9.68. The first-order valence-corrected chi connectivity index (χ1v) is 11.6. The summed E-state index contributed by atoms with van der Waals surface area (Å²) in [5, 5.41) is 6.35. The molecule has 3 rings (SSSR count). The van der Waals surface area contributed by atoms with Gasteiger partial charge in [0, 0.05) is 30.2 Å². The first kappa shape index (κ1) is 23.4. The topological polar surface area (TPSA) is 106 Å². The molecule has 0 aliphatic rings. The molecular weight excluding hydrogens is 433 g/mol. The molecule has 0 saturated carbocycles. The summed E-state index contributed by atoms with van der Waals surface area (Å²) in [5.41, 5.74) is 2.76. The van der Waals surface area contributed by atoms with Crippen LogP contribution in [0.2, 0.25) is 0 Å². The zero-order valence-corrected chi connectivity index (χ0v) is 19.4. The number of nitrogens with zero attached hydrogens (tertiary/aromatic N) is 3. The van der Waals surface area contributed by atoms with Gasteiger partial charge in [0.2, 0.25) is 0 Å². The van der Waals surface area contributed by atoms with E-state index in [1.165, 1.54) is 29.1 Å². The fraction of sp³-hybridized carbons (Fsp3) is 0.318. The maximum Gasteiger partial charge on any atom is 0.333 e. The molecule has 2 aromatic heterocycles.